The van der Waals surface area contributed by atoms with Crippen LogP contribution in [0.3, 0.4) is 0 Å². The van der Waals surface area contributed by atoms with Gasteiger partial charge >= 0.3 is 0 Å². The van der Waals surface area contributed by atoms with Crippen LogP contribution < -0.4 is 11.1 Å². The molecule has 3 aromatic rings. The Bertz CT molecular complexity index is 965. The molecule has 1 aliphatic carbocycles. The Balaban J connectivity index is 1.43. The Morgan fingerprint density at radius 3 is 2.42 bits per heavy atom. The maximum Gasteiger partial charge on any atom is 0.265 e. The van der Waals surface area contributed by atoms with Crippen molar-refractivity contribution in [3.05, 3.63) is 77.3 Å². The number of nitrogens with two attached hydrogens (primary N) is 1. The average Bonchev–Trinajstić information content (AvgIpc) is 3.20. The van der Waals surface area contributed by atoms with E-state index in [4.69, 9.17) is 5.73 Å². The third-order valence-corrected chi connectivity index (χ3v) is 4.95. The van der Waals surface area contributed by atoms with Gasteiger partial charge in [0.25, 0.3) is 5.91 Å². The van der Waals surface area contributed by atoms with Crippen molar-refractivity contribution in [2.24, 2.45) is 5.73 Å². The predicted molar refractivity (Wildman–Crippen MR) is 101 cm³/mol. The molecule has 5 nitrogen and oxygen atoms in total. The number of hydrogen-bond donors (Lipinski definition) is 3. The second-order valence-electron chi connectivity index (χ2n) is 6.68. The zero-order valence-electron chi connectivity index (χ0n) is 14.3. The fourth-order valence-electron chi connectivity index (χ4n) is 3.74. The predicted octanol–water partition coefficient (Wildman–Crippen LogP) is 2.30. The molecule has 0 fully saturated rings. The van der Waals surface area contributed by atoms with Gasteiger partial charge in [-0.05, 0) is 42.0 Å². The van der Waals surface area contributed by atoms with Crippen LogP contribution in [-0.4, -0.2) is 22.8 Å². The summed E-state index contributed by atoms with van der Waals surface area (Å²) in [6.45, 7) is 0. The number of nitrogens with one attached hydrogen (secondary N) is 2. The van der Waals surface area contributed by atoms with Crippen molar-refractivity contribution in [1.29, 1.82) is 0 Å². The number of carbonyl (C=O) groups is 2. The molecule has 4 N–H and O–H groups in total. The first-order valence-corrected chi connectivity index (χ1v) is 8.71. The fourth-order valence-corrected chi connectivity index (χ4v) is 3.74. The van der Waals surface area contributed by atoms with E-state index < -0.39 is 5.91 Å². The number of hydrogen-bond acceptors (Lipinski definition) is 2. The van der Waals surface area contributed by atoms with Gasteiger partial charge in [0.05, 0.1) is 6.42 Å². The molecule has 0 aliphatic heterocycles. The standard InChI is InChI=1S/C21H20N3O2/c22-21(26)20-17(16-7-3-4-8-18(16)24-20)9-10-19(25)23-15-11-13-5-1-2-6-14(13)12-15/h1-8,10,15,24H,9,11-12H2,(H2,22,26)(H,23,25). The van der Waals surface area contributed by atoms with Crippen LogP contribution in [0.25, 0.3) is 10.9 Å². The Labute approximate surface area is 151 Å². The summed E-state index contributed by atoms with van der Waals surface area (Å²) in [5, 5.41) is 3.98. The number of amides is 2. The second kappa shape index (κ2) is 6.67. The zero-order chi connectivity index (χ0) is 18.1. The maximum atomic E-state index is 12.4. The van der Waals surface area contributed by atoms with E-state index in [-0.39, 0.29) is 11.9 Å². The van der Waals surface area contributed by atoms with E-state index in [0.717, 1.165) is 29.3 Å². The summed E-state index contributed by atoms with van der Waals surface area (Å²) in [6, 6.07) is 16.0. The van der Waals surface area contributed by atoms with Crippen LogP contribution in [0.4, 0.5) is 0 Å². The van der Waals surface area contributed by atoms with E-state index >= 15 is 0 Å². The lowest BCUT2D eigenvalue weighted by atomic mass is 10.0. The SMILES string of the molecule is NC(=O)c1[nH]c2ccccc2c1C[CH]C(=O)NC1Cc2ccccc2C1. The fraction of sp³-hybridized carbons (Fsp3) is 0.190. The topological polar surface area (TPSA) is 88.0 Å². The minimum Gasteiger partial charge on any atom is -0.364 e. The number of aromatic amines is 1. The summed E-state index contributed by atoms with van der Waals surface area (Å²) in [6.07, 6.45) is 3.66. The van der Waals surface area contributed by atoms with Crippen molar-refractivity contribution in [3.8, 4) is 0 Å². The zero-order valence-corrected chi connectivity index (χ0v) is 14.3. The van der Waals surface area contributed by atoms with Crippen LogP contribution >= 0.6 is 0 Å². The van der Waals surface area contributed by atoms with Crippen molar-refractivity contribution in [1.82, 2.24) is 10.3 Å². The Morgan fingerprint density at radius 1 is 1.08 bits per heavy atom. The molecule has 0 spiro atoms. The van der Waals surface area contributed by atoms with Gasteiger partial charge in [0.1, 0.15) is 5.69 Å². The highest BCUT2D eigenvalue weighted by atomic mass is 16.2. The lowest BCUT2D eigenvalue weighted by Crippen LogP contribution is -2.35. The normalized spacial score (nSPS) is 13.7. The molecule has 26 heavy (non-hydrogen) atoms. The highest BCUT2D eigenvalue weighted by Crippen LogP contribution is 2.24. The molecule has 1 aliphatic rings. The van der Waals surface area contributed by atoms with Crippen molar-refractivity contribution in [2.45, 2.75) is 25.3 Å². The van der Waals surface area contributed by atoms with Crippen LogP contribution in [0.15, 0.2) is 48.5 Å². The van der Waals surface area contributed by atoms with E-state index in [0.29, 0.717) is 12.1 Å². The average molecular weight is 346 g/mol. The molecule has 1 radical (unpaired) electrons. The van der Waals surface area contributed by atoms with Crippen LogP contribution in [0, 0.1) is 6.42 Å². The van der Waals surface area contributed by atoms with Crippen molar-refractivity contribution in [3.63, 3.8) is 0 Å². The van der Waals surface area contributed by atoms with Gasteiger partial charge in [0.2, 0.25) is 5.91 Å². The molecule has 0 atom stereocenters. The molecule has 4 rings (SSSR count). The second-order valence-corrected chi connectivity index (χ2v) is 6.68. The molecule has 131 valence electrons. The summed E-state index contributed by atoms with van der Waals surface area (Å²) in [5.41, 5.74) is 10.0. The van der Waals surface area contributed by atoms with Crippen molar-refractivity contribution >= 4 is 22.7 Å². The van der Waals surface area contributed by atoms with Crippen molar-refractivity contribution < 1.29 is 9.59 Å². The summed E-state index contributed by atoms with van der Waals surface area (Å²) in [7, 11) is 0. The molecule has 5 heteroatoms. The Kier molecular flexibility index (Phi) is 4.21. The van der Waals surface area contributed by atoms with E-state index in [9.17, 15) is 9.59 Å². The number of fused-ring (bicyclic) bond motifs is 2. The third-order valence-electron chi connectivity index (χ3n) is 4.95. The van der Waals surface area contributed by atoms with Gasteiger partial charge in [-0.2, -0.15) is 0 Å². The number of H-pyrrole nitrogens is 1. The largest absolute Gasteiger partial charge is 0.364 e. The highest BCUT2D eigenvalue weighted by molar-refractivity contribution is 6.01. The van der Waals surface area contributed by atoms with Gasteiger partial charge in [-0.15, -0.1) is 0 Å². The van der Waals surface area contributed by atoms with Gasteiger partial charge in [-0.25, -0.2) is 0 Å². The van der Waals surface area contributed by atoms with Crippen LogP contribution in [0.1, 0.15) is 27.2 Å². The molecule has 1 aromatic heterocycles. The van der Waals surface area contributed by atoms with E-state index in [1.807, 2.05) is 36.4 Å². The number of benzene rings is 2. The Hall–Kier alpha value is -3.08. The van der Waals surface area contributed by atoms with Gasteiger partial charge in [0, 0.05) is 16.9 Å². The van der Waals surface area contributed by atoms with Gasteiger partial charge in [0.15, 0.2) is 0 Å². The van der Waals surface area contributed by atoms with E-state index in [1.54, 1.807) is 6.42 Å². The van der Waals surface area contributed by atoms with E-state index in [2.05, 4.69) is 22.4 Å². The first-order chi connectivity index (χ1) is 12.6. The number of rotatable bonds is 5. The summed E-state index contributed by atoms with van der Waals surface area (Å²) < 4.78 is 0. The number of aromatic nitrogens is 1. The Morgan fingerprint density at radius 2 is 1.73 bits per heavy atom. The van der Waals surface area contributed by atoms with Gasteiger partial charge in [-0.3, -0.25) is 9.59 Å². The van der Waals surface area contributed by atoms with Crippen LogP contribution in [0.5, 0.6) is 0 Å². The molecular formula is C21H20N3O2. The first-order valence-electron chi connectivity index (χ1n) is 8.71. The number of primary amides is 1. The number of para-hydroxylation sites is 1. The van der Waals surface area contributed by atoms with Crippen LogP contribution in [0.2, 0.25) is 0 Å². The maximum absolute atomic E-state index is 12.4. The quantitative estimate of drug-likeness (QED) is 0.662. The highest BCUT2D eigenvalue weighted by Gasteiger charge is 2.23. The first kappa shape index (κ1) is 16.4. The molecule has 2 amide bonds. The lowest BCUT2D eigenvalue weighted by Gasteiger charge is -2.12. The molecule has 0 unspecified atom stereocenters. The lowest BCUT2D eigenvalue weighted by molar-refractivity contribution is -0.118. The third kappa shape index (κ3) is 3.08. The molecule has 0 saturated carbocycles. The van der Waals surface area contributed by atoms with E-state index in [1.165, 1.54) is 11.1 Å². The molecule has 1 heterocycles. The summed E-state index contributed by atoms with van der Waals surface area (Å²) in [4.78, 5) is 27.1. The monoisotopic (exact) mass is 346 g/mol. The summed E-state index contributed by atoms with van der Waals surface area (Å²) in [5.74, 6) is -0.639. The van der Waals surface area contributed by atoms with Gasteiger partial charge in [-0.1, -0.05) is 42.5 Å². The van der Waals surface area contributed by atoms with Crippen molar-refractivity contribution in [2.75, 3.05) is 0 Å². The molecule has 0 bridgehead atoms. The minimum atomic E-state index is -0.517. The van der Waals surface area contributed by atoms with Gasteiger partial charge < -0.3 is 16.0 Å². The number of carbonyl (C=O) groups excluding carboxylic acids is 2. The molecule has 2 aromatic carbocycles. The minimum absolute atomic E-state index is 0.120. The summed E-state index contributed by atoms with van der Waals surface area (Å²) >= 11 is 0. The molecule has 0 saturated heterocycles. The smallest absolute Gasteiger partial charge is 0.265 e. The molecular weight excluding hydrogens is 326 g/mol. The van der Waals surface area contributed by atoms with Crippen LogP contribution in [-0.2, 0) is 24.1 Å².